The Balaban J connectivity index is 1.54. The van der Waals surface area contributed by atoms with Crippen molar-refractivity contribution in [3.8, 4) is 0 Å². The Labute approximate surface area is 197 Å². The molecule has 2 aliphatic heterocycles. The van der Waals surface area contributed by atoms with E-state index in [1.165, 1.54) is 0 Å². The highest BCUT2D eigenvalue weighted by atomic mass is 16.6. The van der Waals surface area contributed by atoms with Gasteiger partial charge in [0.2, 0.25) is 0 Å². The van der Waals surface area contributed by atoms with Crippen LogP contribution in [0.3, 0.4) is 0 Å². The fraction of sp³-hybridized carbons (Fsp3) is 0.739. The molecule has 2 saturated heterocycles. The van der Waals surface area contributed by atoms with Gasteiger partial charge in [-0.15, -0.1) is 0 Å². The van der Waals surface area contributed by atoms with Gasteiger partial charge < -0.3 is 55.1 Å². The standard InChI is InChI=1S/C23H36O11/c1-23(2,21-19(29)17(27)15(25)13(8-24)33-21)7-11-3-5-12(6-4-11)9-32-10-14-16(26)18(28)20(30)22(31)34-14/h3-6,13-22,24-31H,7-10H2,1-2H3/t13?,14?,15-,16+,17-,18-,19?,20?,21-,22?/m0/s1. The number of aliphatic hydroxyl groups is 8. The van der Waals surface area contributed by atoms with Crippen LogP contribution >= 0.6 is 0 Å². The van der Waals surface area contributed by atoms with E-state index in [4.69, 9.17) is 14.2 Å². The molecule has 5 unspecified atom stereocenters. The first-order chi connectivity index (χ1) is 16.0. The molecular weight excluding hydrogens is 452 g/mol. The Morgan fingerprint density at radius 1 is 0.735 bits per heavy atom. The number of rotatable bonds is 8. The van der Waals surface area contributed by atoms with Gasteiger partial charge in [0.25, 0.3) is 0 Å². The van der Waals surface area contributed by atoms with Gasteiger partial charge in [0, 0.05) is 0 Å². The van der Waals surface area contributed by atoms with Gasteiger partial charge in [-0.25, -0.2) is 0 Å². The fourth-order valence-corrected chi connectivity index (χ4v) is 4.49. The van der Waals surface area contributed by atoms with Gasteiger partial charge in [0.15, 0.2) is 6.29 Å². The van der Waals surface area contributed by atoms with Gasteiger partial charge in [-0.1, -0.05) is 38.1 Å². The summed E-state index contributed by atoms with van der Waals surface area (Å²) in [6.07, 6.45) is -12.6. The third-order valence-electron chi connectivity index (χ3n) is 6.58. The summed E-state index contributed by atoms with van der Waals surface area (Å²) in [5, 5.41) is 78.8. The molecule has 3 rings (SSSR count). The molecule has 2 fully saturated rings. The van der Waals surface area contributed by atoms with Crippen LogP contribution in [0.5, 0.6) is 0 Å². The normalized spacial score (nSPS) is 39.2. The van der Waals surface area contributed by atoms with Crippen LogP contribution in [0.15, 0.2) is 24.3 Å². The summed E-state index contributed by atoms with van der Waals surface area (Å²) in [5.41, 5.74) is 1.12. The smallest absolute Gasteiger partial charge is 0.184 e. The van der Waals surface area contributed by atoms with E-state index in [-0.39, 0.29) is 13.2 Å². The number of benzene rings is 1. The monoisotopic (exact) mass is 488 g/mol. The molecule has 0 aromatic heterocycles. The Bertz CT molecular complexity index is 771. The Morgan fingerprint density at radius 2 is 1.29 bits per heavy atom. The van der Waals surface area contributed by atoms with Crippen LogP contribution in [0.4, 0.5) is 0 Å². The first-order valence-electron chi connectivity index (χ1n) is 11.3. The lowest BCUT2D eigenvalue weighted by molar-refractivity contribution is -0.289. The van der Waals surface area contributed by atoms with Crippen LogP contribution < -0.4 is 0 Å². The van der Waals surface area contributed by atoms with Crippen LogP contribution in [-0.2, 0) is 27.2 Å². The van der Waals surface area contributed by atoms with Crippen molar-refractivity contribution in [2.75, 3.05) is 13.2 Å². The summed E-state index contributed by atoms with van der Waals surface area (Å²) < 4.78 is 16.3. The summed E-state index contributed by atoms with van der Waals surface area (Å²) in [4.78, 5) is 0. The number of hydrogen-bond donors (Lipinski definition) is 8. The Kier molecular flexibility index (Phi) is 9.04. The van der Waals surface area contributed by atoms with E-state index in [2.05, 4.69) is 0 Å². The minimum Gasteiger partial charge on any atom is -0.394 e. The molecule has 0 aliphatic carbocycles. The lowest BCUT2D eigenvalue weighted by atomic mass is 9.75. The average Bonchev–Trinajstić information content (AvgIpc) is 2.80. The van der Waals surface area contributed by atoms with E-state index in [1.807, 2.05) is 38.1 Å². The first kappa shape index (κ1) is 27.4. The quantitative estimate of drug-likeness (QED) is 0.192. The summed E-state index contributed by atoms with van der Waals surface area (Å²) in [6, 6.07) is 7.43. The largest absolute Gasteiger partial charge is 0.394 e. The van der Waals surface area contributed by atoms with Crippen molar-refractivity contribution >= 4 is 0 Å². The minimum atomic E-state index is -1.61. The molecule has 0 radical (unpaired) electrons. The SMILES string of the molecule is CC(C)(Cc1ccc(COCC2OC(O)C(O)[C@@H](O)[C@@H]2O)cc1)[C@H]1OC(CO)[C@H](O)[C@H](O)C1O. The summed E-state index contributed by atoms with van der Waals surface area (Å²) in [5.74, 6) is 0. The van der Waals surface area contributed by atoms with Gasteiger partial charge in [0.05, 0.1) is 25.9 Å². The molecule has 1 aromatic rings. The van der Waals surface area contributed by atoms with Crippen molar-refractivity contribution in [2.45, 2.75) is 88.1 Å². The van der Waals surface area contributed by atoms with Crippen LogP contribution in [0.25, 0.3) is 0 Å². The topological polar surface area (TPSA) is 190 Å². The second-order valence-corrected chi connectivity index (χ2v) is 9.78. The molecule has 11 nitrogen and oxygen atoms in total. The molecule has 11 heteroatoms. The highest BCUT2D eigenvalue weighted by molar-refractivity contribution is 5.23. The zero-order valence-corrected chi connectivity index (χ0v) is 19.2. The highest BCUT2D eigenvalue weighted by Crippen LogP contribution is 2.36. The molecule has 0 amide bonds. The summed E-state index contributed by atoms with van der Waals surface area (Å²) in [6.45, 7) is 3.33. The second-order valence-electron chi connectivity index (χ2n) is 9.78. The lowest BCUT2D eigenvalue weighted by Gasteiger charge is -2.46. The van der Waals surface area contributed by atoms with Gasteiger partial charge in [-0.3, -0.25) is 0 Å². The van der Waals surface area contributed by atoms with Crippen molar-refractivity contribution in [1.29, 1.82) is 0 Å². The molecular formula is C23H36O11. The summed E-state index contributed by atoms with van der Waals surface area (Å²) in [7, 11) is 0. The molecule has 2 heterocycles. The molecule has 1 aromatic carbocycles. The number of hydrogen-bond acceptors (Lipinski definition) is 11. The van der Waals surface area contributed by atoms with E-state index in [9.17, 15) is 40.9 Å². The van der Waals surface area contributed by atoms with E-state index in [0.29, 0.717) is 6.42 Å². The first-order valence-corrected chi connectivity index (χ1v) is 11.3. The maximum absolute atomic E-state index is 10.4. The van der Waals surface area contributed by atoms with E-state index >= 15 is 0 Å². The zero-order chi connectivity index (χ0) is 25.2. The van der Waals surface area contributed by atoms with Gasteiger partial charge >= 0.3 is 0 Å². The van der Waals surface area contributed by atoms with Crippen molar-refractivity contribution in [3.63, 3.8) is 0 Å². The molecule has 10 atom stereocenters. The van der Waals surface area contributed by atoms with Crippen LogP contribution in [0.1, 0.15) is 25.0 Å². The van der Waals surface area contributed by atoms with Crippen molar-refractivity contribution < 1.29 is 55.1 Å². The molecule has 8 N–H and O–H groups in total. The zero-order valence-electron chi connectivity index (χ0n) is 19.2. The molecule has 34 heavy (non-hydrogen) atoms. The third-order valence-corrected chi connectivity index (χ3v) is 6.58. The van der Waals surface area contributed by atoms with Crippen molar-refractivity contribution in [2.24, 2.45) is 5.41 Å². The maximum Gasteiger partial charge on any atom is 0.184 e. The number of aliphatic hydroxyl groups excluding tert-OH is 8. The maximum atomic E-state index is 10.4. The average molecular weight is 489 g/mol. The number of ether oxygens (including phenoxy) is 3. The van der Waals surface area contributed by atoms with E-state index in [1.54, 1.807) is 0 Å². The van der Waals surface area contributed by atoms with Gasteiger partial charge in [-0.05, 0) is 23.0 Å². The predicted octanol–water partition coefficient (Wildman–Crippen LogP) is -2.59. The second kappa shape index (κ2) is 11.2. The van der Waals surface area contributed by atoms with Crippen LogP contribution in [-0.4, -0.2) is 115 Å². The fourth-order valence-electron chi connectivity index (χ4n) is 4.49. The van der Waals surface area contributed by atoms with Crippen molar-refractivity contribution in [1.82, 2.24) is 0 Å². The van der Waals surface area contributed by atoms with Crippen LogP contribution in [0, 0.1) is 5.41 Å². The predicted molar refractivity (Wildman–Crippen MR) is 116 cm³/mol. The van der Waals surface area contributed by atoms with Gasteiger partial charge in [-0.2, -0.15) is 0 Å². The lowest BCUT2D eigenvalue weighted by Crippen LogP contribution is -2.62. The van der Waals surface area contributed by atoms with E-state index < -0.39 is 73.2 Å². The van der Waals surface area contributed by atoms with Crippen molar-refractivity contribution in [3.05, 3.63) is 35.4 Å². The third kappa shape index (κ3) is 5.94. The Morgan fingerprint density at radius 3 is 1.91 bits per heavy atom. The molecule has 0 saturated carbocycles. The van der Waals surface area contributed by atoms with E-state index in [0.717, 1.165) is 11.1 Å². The van der Waals surface area contributed by atoms with Gasteiger partial charge in [0.1, 0.15) is 48.8 Å². The molecule has 0 bridgehead atoms. The molecule has 2 aliphatic rings. The summed E-state index contributed by atoms with van der Waals surface area (Å²) >= 11 is 0. The molecule has 194 valence electrons. The highest BCUT2D eigenvalue weighted by Gasteiger charge is 2.49. The Hall–Kier alpha value is -1.22. The van der Waals surface area contributed by atoms with Crippen LogP contribution in [0.2, 0.25) is 0 Å². The minimum absolute atomic E-state index is 0.103. The molecule has 0 spiro atoms.